The third-order valence-corrected chi connectivity index (χ3v) is 4.11. The third-order valence-electron chi connectivity index (χ3n) is 4.11. The highest BCUT2D eigenvalue weighted by Gasteiger charge is 2.24. The van der Waals surface area contributed by atoms with Crippen LogP contribution in [0.1, 0.15) is 11.6 Å². The molecule has 0 aliphatic carbocycles. The minimum Gasteiger partial charge on any atom is -0.369 e. The first-order valence-corrected chi connectivity index (χ1v) is 7.47. The number of nitrogens with zero attached hydrogens (tertiary/aromatic N) is 3. The molecule has 2 aromatic carbocycles. The number of nitriles is 1. The van der Waals surface area contributed by atoms with Gasteiger partial charge in [-0.3, -0.25) is 4.90 Å². The van der Waals surface area contributed by atoms with E-state index in [9.17, 15) is 9.65 Å². The maximum atomic E-state index is 13.0. The fourth-order valence-corrected chi connectivity index (χ4v) is 2.89. The van der Waals surface area contributed by atoms with E-state index in [4.69, 9.17) is 0 Å². The van der Waals surface area contributed by atoms with Gasteiger partial charge >= 0.3 is 0 Å². The summed E-state index contributed by atoms with van der Waals surface area (Å²) in [7, 11) is 0. The van der Waals surface area contributed by atoms with Crippen molar-refractivity contribution in [2.24, 2.45) is 0 Å². The molecule has 1 atom stereocenters. The molecule has 1 aliphatic rings. The SMILES string of the molecule is N#CC(c1ccccc1)N1CCN(c2ccc(F)cc2)CC1. The maximum absolute atomic E-state index is 13.0. The molecule has 0 spiro atoms. The first-order chi connectivity index (χ1) is 10.8. The maximum Gasteiger partial charge on any atom is 0.123 e. The van der Waals surface area contributed by atoms with Gasteiger partial charge in [-0.25, -0.2) is 4.39 Å². The molecule has 1 aliphatic heterocycles. The van der Waals surface area contributed by atoms with E-state index in [1.165, 1.54) is 12.1 Å². The van der Waals surface area contributed by atoms with E-state index in [0.29, 0.717) is 0 Å². The highest BCUT2D eigenvalue weighted by molar-refractivity contribution is 5.46. The summed E-state index contributed by atoms with van der Waals surface area (Å²) in [6.45, 7) is 3.34. The Bertz CT molecular complexity index is 640. The molecule has 0 saturated carbocycles. The average Bonchev–Trinajstić information content (AvgIpc) is 2.58. The van der Waals surface area contributed by atoms with Gasteiger partial charge in [0.2, 0.25) is 0 Å². The molecule has 2 aromatic rings. The van der Waals surface area contributed by atoms with Crippen LogP contribution in [-0.4, -0.2) is 31.1 Å². The highest BCUT2D eigenvalue weighted by Crippen LogP contribution is 2.23. The molecule has 1 heterocycles. The lowest BCUT2D eigenvalue weighted by Crippen LogP contribution is -2.47. The summed E-state index contributed by atoms with van der Waals surface area (Å²) in [6.07, 6.45) is 0. The van der Waals surface area contributed by atoms with Gasteiger partial charge in [-0.1, -0.05) is 30.3 Å². The van der Waals surface area contributed by atoms with E-state index in [2.05, 4.69) is 15.9 Å². The molecule has 0 bridgehead atoms. The number of benzene rings is 2. The summed E-state index contributed by atoms with van der Waals surface area (Å²) in [5.74, 6) is -0.212. The second kappa shape index (κ2) is 6.59. The summed E-state index contributed by atoms with van der Waals surface area (Å²) in [4.78, 5) is 4.44. The lowest BCUT2D eigenvalue weighted by molar-refractivity contribution is 0.222. The van der Waals surface area contributed by atoms with Crippen LogP contribution in [0.4, 0.5) is 10.1 Å². The standard InChI is InChI=1S/C18H18FN3/c19-16-6-8-17(9-7-16)21-10-12-22(13-11-21)18(14-20)15-4-2-1-3-5-15/h1-9,18H,10-13H2. The normalized spacial score (nSPS) is 17.0. The van der Waals surface area contributed by atoms with Gasteiger partial charge in [-0.15, -0.1) is 0 Å². The highest BCUT2D eigenvalue weighted by atomic mass is 19.1. The van der Waals surface area contributed by atoms with Gasteiger partial charge in [0.1, 0.15) is 11.9 Å². The molecular weight excluding hydrogens is 277 g/mol. The van der Waals surface area contributed by atoms with Crippen molar-refractivity contribution in [1.29, 1.82) is 5.26 Å². The van der Waals surface area contributed by atoms with E-state index in [1.54, 1.807) is 0 Å². The molecule has 3 nitrogen and oxygen atoms in total. The molecule has 0 radical (unpaired) electrons. The minimum absolute atomic E-state index is 0.198. The zero-order chi connectivity index (χ0) is 15.4. The molecule has 3 rings (SSSR count). The second-order valence-corrected chi connectivity index (χ2v) is 5.44. The zero-order valence-electron chi connectivity index (χ0n) is 12.3. The van der Waals surface area contributed by atoms with Gasteiger partial charge in [0, 0.05) is 31.9 Å². The molecule has 0 N–H and O–H groups in total. The molecule has 1 fully saturated rings. The van der Waals surface area contributed by atoms with Crippen LogP contribution in [0.15, 0.2) is 54.6 Å². The third kappa shape index (κ3) is 3.10. The molecule has 22 heavy (non-hydrogen) atoms. The van der Waals surface area contributed by atoms with E-state index in [0.717, 1.165) is 37.4 Å². The van der Waals surface area contributed by atoms with E-state index in [-0.39, 0.29) is 11.9 Å². The first-order valence-electron chi connectivity index (χ1n) is 7.47. The quantitative estimate of drug-likeness (QED) is 0.871. The Kier molecular flexibility index (Phi) is 4.36. The van der Waals surface area contributed by atoms with Crippen molar-refractivity contribution in [2.45, 2.75) is 6.04 Å². The van der Waals surface area contributed by atoms with Gasteiger partial charge in [0.25, 0.3) is 0 Å². The van der Waals surface area contributed by atoms with E-state index >= 15 is 0 Å². The van der Waals surface area contributed by atoms with Crippen LogP contribution in [0.25, 0.3) is 0 Å². The molecule has 1 saturated heterocycles. The second-order valence-electron chi connectivity index (χ2n) is 5.44. The van der Waals surface area contributed by atoms with Crippen LogP contribution < -0.4 is 4.90 Å². The van der Waals surface area contributed by atoms with Gasteiger partial charge < -0.3 is 4.90 Å². The predicted molar refractivity (Wildman–Crippen MR) is 85.0 cm³/mol. The summed E-state index contributed by atoms with van der Waals surface area (Å²) in [5.41, 5.74) is 2.08. The van der Waals surface area contributed by atoms with Crippen LogP contribution in [0.5, 0.6) is 0 Å². The summed E-state index contributed by atoms with van der Waals surface area (Å²) in [5, 5.41) is 9.50. The van der Waals surface area contributed by atoms with Crippen molar-refractivity contribution < 1.29 is 4.39 Å². The summed E-state index contributed by atoms with van der Waals surface area (Å²) < 4.78 is 13.0. The Morgan fingerprint density at radius 3 is 2.14 bits per heavy atom. The van der Waals surface area contributed by atoms with Gasteiger partial charge in [0.15, 0.2) is 0 Å². The van der Waals surface area contributed by atoms with E-state index < -0.39 is 0 Å². The summed E-state index contributed by atoms with van der Waals surface area (Å²) >= 11 is 0. The van der Waals surface area contributed by atoms with E-state index in [1.807, 2.05) is 42.5 Å². The average molecular weight is 295 g/mol. The van der Waals surface area contributed by atoms with Crippen molar-refractivity contribution in [3.8, 4) is 6.07 Å². The van der Waals surface area contributed by atoms with Crippen LogP contribution in [0.2, 0.25) is 0 Å². The van der Waals surface area contributed by atoms with Crippen molar-refractivity contribution >= 4 is 5.69 Å². The predicted octanol–water partition coefficient (Wildman–Crippen LogP) is 3.21. The topological polar surface area (TPSA) is 30.3 Å². The Hall–Kier alpha value is -2.38. The van der Waals surface area contributed by atoms with Gasteiger partial charge in [0.05, 0.1) is 6.07 Å². The molecule has 0 aromatic heterocycles. The number of hydrogen-bond donors (Lipinski definition) is 0. The largest absolute Gasteiger partial charge is 0.369 e. The Morgan fingerprint density at radius 2 is 1.55 bits per heavy atom. The fourth-order valence-electron chi connectivity index (χ4n) is 2.89. The van der Waals surface area contributed by atoms with Crippen molar-refractivity contribution in [3.63, 3.8) is 0 Å². The Labute approximate surface area is 130 Å². The number of rotatable bonds is 3. The molecule has 0 amide bonds. The summed E-state index contributed by atoms with van der Waals surface area (Å²) in [6, 6.07) is 18.7. The number of halogens is 1. The first kappa shape index (κ1) is 14.6. The van der Waals surface area contributed by atoms with Crippen LogP contribution in [0.3, 0.4) is 0 Å². The number of anilines is 1. The van der Waals surface area contributed by atoms with Crippen LogP contribution in [0, 0.1) is 17.1 Å². The molecule has 4 heteroatoms. The van der Waals surface area contributed by atoms with Crippen molar-refractivity contribution in [3.05, 3.63) is 66.0 Å². The fraction of sp³-hybridized carbons (Fsp3) is 0.278. The number of hydrogen-bond acceptors (Lipinski definition) is 3. The van der Waals surface area contributed by atoms with Gasteiger partial charge in [-0.05, 0) is 29.8 Å². The molecular formula is C18H18FN3. The minimum atomic E-state index is -0.212. The zero-order valence-corrected chi connectivity index (χ0v) is 12.3. The van der Waals surface area contributed by atoms with Crippen LogP contribution in [-0.2, 0) is 0 Å². The Morgan fingerprint density at radius 1 is 0.909 bits per heavy atom. The number of piperazine rings is 1. The lowest BCUT2D eigenvalue weighted by Gasteiger charge is -2.38. The Balaban J connectivity index is 1.66. The van der Waals surface area contributed by atoms with Gasteiger partial charge in [-0.2, -0.15) is 5.26 Å². The monoisotopic (exact) mass is 295 g/mol. The molecule has 1 unspecified atom stereocenters. The molecule has 112 valence electrons. The smallest absolute Gasteiger partial charge is 0.123 e. The van der Waals surface area contributed by atoms with Crippen LogP contribution >= 0.6 is 0 Å². The lowest BCUT2D eigenvalue weighted by atomic mass is 10.1. The van der Waals surface area contributed by atoms with Crippen molar-refractivity contribution in [2.75, 3.05) is 31.1 Å². The van der Waals surface area contributed by atoms with Crippen molar-refractivity contribution in [1.82, 2.24) is 4.90 Å².